The first kappa shape index (κ1) is 92.1. The van der Waals surface area contributed by atoms with Gasteiger partial charge in [-0.3, -0.25) is 19.2 Å². The highest BCUT2D eigenvalue weighted by Gasteiger charge is 2.61. The Morgan fingerprint density at radius 1 is 0.232 bits per heavy atom. The molecule has 9 rings (SSSR count). The highest BCUT2D eigenvalue weighted by Crippen LogP contribution is 2.40. The Morgan fingerprint density at radius 3 is 0.938 bits per heavy atom. The minimum atomic E-state index is -2.56. The van der Waals surface area contributed by atoms with Crippen molar-refractivity contribution < 1.29 is 227 Å². The summed E-state index contributed by atoms with van der Waals surface area (Å²) < 4.78 is 100. The number of hydrogen-bond acceptors (Lipinski definition) is 46. The zero-order valence-corrected chi connectivity index (χ0v) is 60.1. The lowest BCUT2D eigenvalue weighted by Crippen LogP contribution is -2.71. The van der Waals surface area contributed by atoms with Gasteiger partial charge in [0.1, 0.15) is 219 Å². The van der Waals surface area contributed by atoms with Crippen LogP contribution in [0.5, 0.6) is 0 Å². The highest BCUT2D eigenvalue weighted by molar-refractivity contribution is 5.74. The molecule has 9 aliphatic rings. The number of aliphatic hydroxyl groups is 25. The van der Waals surface area contributed by atoms with Crippen LogP contribution in [0.3, 0.4) is 0 Å². The third kappa shape index (κ3) is 20.2. The summed E-state index contributed by atoms with van der Waals surface area (Å²) in [5.41, 5.74) is 0. The molecule has 112 heavy (non-hydrogen) atoms. The predicted octanol–water partition coefficient (Wildman–Crippen LogP) is -20.1. The van der Waals surface area contributed by atoms with Crippen LogP contribution >= 0.6 is 0 Å². The average molecular weight is 1640 g/mol. The molecule has 29 N–H and O–H groups in total. The Labute approximate surface area is 634 Å². The van der Waals surface area contributed by atoms with Crippen molar-refractivity contribution in [3.63, 3.8) is 0 Å². The van der Waals surface area contributed by atoms with Crippen LogP contribution in [-0.2, 0) is 99.7 Å². The van der Waals surface area contributed by atoms with Gasteiger partial charge in [0.05, 0.1) is 59.5 Å². The molecular formula is C62H104N4O46. The molecule has 0 bridgehead atoms. The second-order valence-electron chi connectivity index (χ2n) is 28.2. The fourth-order valence-corrected chi connectivity index (χ4v) is 14.5. The number of ether oxygens (including phenoxy) is 17. The quantitative estimate of drug-likeness (QED) is 0.0331. The van der Waals surface area contributed by atoms with Crippen LogP contribution in [0.1, 0.15) is 27.7 Å². The molecule has 45 atom stereocenters. The SMILES string of the molecule is CC(=O)N[C@@H]1[C@@H](O)[C@H](O[C@@H]2O[C@H](CO)[C@@H](O[C@@H]3O[C@H](CO[C@H]4O[C@H](CO)[C@@H](O)[C@H](O[C@H]5O[C@H](CO)[C@@H](O)[C@H](O)[C@@H]5O)[C@@H]4O)[C@@H](O)[C@H](O[C@H]4O[C@H](CO)[C@@H](O)[C@H](O)[C@@H]4O[C@@H]4O[C@H](CO)[C@@H](O[C@@H]5O[C@H](CO)[C@H](O)[C@H](O[C@@H]6O[C@H](CO)[C@H](O)[C@H](O)[C@H]6O)[C@H]5NC(C)=O)[C@H](O)[C@H]4NC(C)=O)[C@@H]3O)[C@H](O)[C@H]2NC(C)=O)[C@@H](CO)O[C@H]1O. The molecule has 0 spiro atoms. The number of amides is 4. The van der Waals surface area contributed by atoms with E-state index >= 15 is 0 Å². The van der Waals surface area contributed by atoms with Gasteiger partial charge in [-0.2, -0.15) is 0 Å². The van der Waals surface area contributed by atoms with Crippen LogP contribution in [0.4, 0.5) is 0 Å². The van der Waals surface area contributed by atoms with Gasteiger partial charge in [0, 0.05) is 27.7 Å². The van der Waals surface area contributed by atoms with Crippen LogP contribution in [-0.4, -0.2) is 487 Å². The van der Waals surface area contributed by atoms with E-state index < -0.39 is 359 Å². The molecule has 0 radical (unpaired) electrons. The molecule has 9 saturated heterocycles. The van der Waals surface area contributed by atoms with E-state index in [4.69, 9.17) is 80.5 Å². The average Bonchev–Trinajstić information content (AvgIpc) is 0.767. The first-order valence-electron chi connectivity index (χ1n) is 35.6. The maximum atomic E-state index is 13.2. The van der Waals surface area contributed by atoms with Crippen LogP contribution in [0.15, 0.2) is 0 Å². The molecule has 0 aromatic rings. The molecular weight excluding hydrogens is 1540 g/mol. The van der Waals surface area contributed by atoms with Gasteiger partial charge in [-0.15, -0.1) is 0 Å². The van der Waals surface area contributed by atoms with E-state index in [0.717, 1.165) is 27.7 Å². The molecule has 0 unspecified atom stereocenters. The maximum Gasteiger partial charge on any atom is 0.217 e. The second-order valence-corrected chi connectivity index (χ2v) is 28.2. The molecule has 50 heteroatoms. The van der Waals surface area contributed by atoms with Gasteiger partial charge in [0.25, 0.3) is 0 Å². The number of hydrogen-bond donors (Lipinski definition) is 29. The standard InChI is InChI=1S/C62H104N4O46/c1-14(75)63-27-37(85)47(23(10-72)97-54(27)95)106-55-28(64-15(2)76)39(87)49(25(12-74)103-55)108-61-46(94)52(36(84)26(105-61)13-96-58-45(93)51(35(83)22(9-71)99-58)110-60-44(92)41(89)32(80)19(6-68)101-60)111-62-53(42(90)33(81)20(7-69)102-62)112-56-29(65-16(3)77)38(86)48(24(11-73)104-56)107-57-30(66-17(4)78)50(34(82)21(8-70)98-57)109-59-43(91)40(88)31(79)18(5-67)100-59/h18-62,67-74,79-95H,5-13H2,1-4H3,(H,63,75)(H,64,76)(H,65,77)(H,66,78)/t18-,19-,20-,21-,22-,23-,24-,25-,26-,27-,28-,29-,30-,31+,32-,33-,34+,35-,36-,37-,38-,39-,40+,41+,42+,43-,44+,45+,46+,47-,48-,49-,50-,51+,52+,53+,54-,55+,56+,57+,58+,59+,60-,61+,62-/m1/s1. The summed E-state index contributed by atoms with van der Waals surface area (Å²) in [5.74, 6) is -3.61. The summed E-state index contributed by atoms with van der Waals surface area (Å²) in [6, 6.07) is -7.40. The first-order chi connectivity index (χ1) is 53.0. The van der Waals surface area contributed by atoms with E-state index in [-0.39, 0.29) is 0 Å². The number of aliphatic hydroxyl groups excluding tert-OH is 25. The van der Waals surface area contributed by atoms with Gasteiger partial charge in [-0.1, -0.05) is 0 Å². The molecule has 0 aliphatic carbocycles. The molecule has 648 valence electrons. The smallest absolute Gasteiger partial charge is 0.217 e. The topological polar surface area (TPSA) is 779 Å². The Kier molecular flexibility index (Phi) is 33.1. The van der Waals surface area contributed by atoms with Gasteiger partial charge in [-0.25, -0.2) is 0 Å². The largest absolute Gasteiger partial charge is 0.394 e. The predicted molar refractivity (Wildman–Crippen MR) is 343 cm³/mol. The Bertz CT molecular complexity index is 2970. The lowest BCUT2D eigenvalue weighted by Gasteiger charge is -2.51. The molecule has 50 nitrogen and oxygen atoms in total. The van der Waals surface area contributed by atoms with Gasteiger partial charge in [0.2, 0.25) is 23.6 Å². The van der Waals surface area contributed by atoms with Crippen molar-refractivity contribution in [2.45, 2.75) is 304 Å². The maximum absolute atomic E-state index is 13.2. The molecule has 9 fully saturated rings. The third-order valence-corrected chi connectivity index (χ3v) is 20.4. The summed E-state index contributed by atoms with van der Waals surface area (Å²) in [6.07, 6.45) is -84.9. The van der Waals surface area contributed by atoms with E-state index in [0.29, 0.717) is 0 Å². The molecule has 9 aliphatic heterocycles. The van der Waals surface area contributed by atoms with E-state index in [9.17, 15) is 147 Å². The van der Waals surface area contributed by atoms with E-state index in [1.165, 1.54) is 0 Å². The van der Waals surface area contributed by atoms with Crippen molar-refractivity contribution in [1.82, 2.24) is 21.3 Å². The van der Waals surface area contributed by atoms with Gasteiger partial charge < -0.3 is 229 Å². The Balaban J connectivity index is 1.03. The minimum Gasteiger partial charge on any atom is -0.394 e. The summed E-state index contributed by atoms with van der Waals surface area (Å²) >= 11 is 0. The lowest BCUT2D eigenvalue weighted by atomic mass is 9.93. The number of rotatable bonds is 29. The summed E-state index contributed by atoms with van der Waals surface area (Å²) in [6.45, 7) is -5.93. The normalized spacial score (nSPS) is 48.9. The van der Waals surface area contributed by atoms with Crippen LogP contribution in [0.2, 0.25) is 0 Å². The molecule has 9 heterocycles. The fourth-order valence-electron chi connectivity index (χ4n) is 14.5. The van der Waals surface area contributed by atoms with E-state index in [1.807, 2.05) is 0 Å². The monoisotopic (exact) mass is 1640 g/mol. The number of nitrogens with one attached hydrogen (secondary N) is 4. The lowest BCUT2D eigenvalue weighted by molar-refractivity contribution is -0.398. The Hall–Kier alpha value is -3.80. The molecule has 0 aromatic carbocycles. The molecule has 0 saturated carbocycles. The minimum absolute atomic E-state index is 0.782. The van der Waals surface area contributed by atoms with Crippen LogP contribution in [0.25, 0.3) is 0 Å². The fraction of sp³-hybridized carbons (Fsp3) is 0.935. The van der Waals surface area contributed by atoms with Gasteiger partial charge >= 0.3 is 0 Å². The van der Waals surface area contributed by atoms with Crippen molar-refractivity contribution in [2.24, 2.45) is 0 Å². The van der Waals surface area contributed by atoms with E-state index in [2.05, 4.69) is 21.3 Å². The van der Waals surface area contributed by atoms with Crippen LogP contribution < -0.4 is 21.3 Å². The third-order valence-electron chi connectivity index (χ3n) is 20.4. The van der Waals surface area contributed by atoms with Crippen LogP contribution in [0, 0.1) is 0 Å². The highest BCUT2D eigenvalue weighted by atomic mass is 16.8. The summed E-state index contributed by atoms with van der Waals surface area (Å²) in [7, 11) is 0. The zero-order valence-electron chi connectivity index (χ0n) is 60.1. The van der Waals surface area contributed by atoms with E-state index in [1.54, 1.807) is 0 Å². The molecule has 4 amide bonds. The van der Waals surface area contributed by atoms with Crippen molar-refractivity contribution in [1.29, 1.82) is 0 Å². The zero-order chi connectivity index (χ0) is 82.5. The summed E-state index contributed by atoms with van der Waals surface area (Å²) in [4.78, 5) is 51.1. The number of carbonyl (C=O) groups excluding carboxylic acids is 4. The Morgan fingerprint density at radius 2 is 0.500 bits per heavy atom. The number of carbonyl (C=O) groups is 4. The van der Waals surface area contributed by atoms with Crippen molar-refractivity contribution in [2.75, 3.05) is 59.5 Å². The first-order valence-corrected chi connectivity index (χ1v) is 35.6. The van der Waals surface area contributed by atoms with Crippen molar-refractivity contribution in [3.8, 4) is 0 Å². The van der Waals surface area contributed by atoms with Gasteiger partial charge in [-0.05, 0) is 0 Å². The van der Waals surface area contributed by atoms with Crippen molar-refractivity contribution in [3.05, 3.63) is 0 Å². The second kappa shape index (κ2) is 40.3. The van der Waals surface area contributed by atoms with Gasteiger partial charge in [0.15, 0.2) is 56.6 Å². The molecule has 0 aromatic heterocycles. The summed E-state index contributed by atoms with van der Waals surface area (Å²) in [5, 5.41) is 286. The van der Waals surface area contributed by atoms with Crippen molar-refractivity contribution >= 4 is 23.6 Å².